The largest absolute Gasteiger partial charge is 0.482 e. The predicted molar refractivity (Wildman–Crippen MR) is 76.4 cm³/mol. The lowest BCUT2D eigenvalue weighted by molar-refractivity contribution is -0.386. The van der Waals surface area contributed by atoms with Crippen LogP contribution >= 0.6 is 15.9 Å². The number of nitro groups is 1. The molecule has 0 atom stereocenters. The van der Waals surface area contributed by atoms with Crippen LogP contribution in [0.1, 0.15) is 11.1 Å². The van der Waals surface area contributed by atoms with Gasteiger partial charge in [-0.15, -0.1) is 0 Å². The molecule has 2 aromatic carbocycles. The Balaban J connectivity index is 2.26. The highest BCUT2D eigenvalue weighted by atomic mass is 79.9. The molecule has 0 aliphatic rings. The number of rotatable bonds is 5. The van der Waals surface area contributed by atoms with Crippen LogP contribution in [0.15, 0.2) is 36.4 Å². The average molecular weight is 358 g/mol. The number of ether oxygens (including phenoxy) is 1. The molecule has 21 heavy (non-hydrogen) atoms. The molecule has 0 saturated heterocycles. The van der Waals surface area contributed by atoms with Gasteiger partial charge in [-0.2, -0.15) is 0 Å². The molecular weight excluding hydrogens is 348 g/mol. The van der Waals surface area contributed by atoms with Crippen LogP contribution in [0.25, 0.3) is 0 Å². The molecule has 0 amide bonds. The normalized spacial score (nSPS) is 10.4. The van der Waals surface area contributed by atoms with Crippen molar-refractivity contribution < 1.29 is 18.4 Å². The minimum atomic E-state index is -1.02. The van der Waals surface area contributed by atoms with Crippen molar-refractivity contribution in [1.82, 2.24) is 0 Å². The number of halogens is 3. The van der Waals surface area contributed by atoms with Crippen molar-refractivity contribution in [2.45, 2.75) is 11.9 Å². The molecule has 0 aromatic heterocycles. The summed E-state index contributed by atoms with van der Waals surface area (Å²) < 4.78 is 31.9. The van der Waals surface area contributed by atoms with E-state index < -0.39 is 16.6 Å². The summed E-state index contributed by atoms with van der Waals surface area (Å²) in [7, 11) is 0. The number of alkyl halides is 1. The zero-order chi connectivity index (χ0) is 15.4. The van der Waals surface area contributed by atoms with E-state index in [9.17, 15) is 18.9 Å². The van der Waals surface area contributed by atoms with Gasteiger partial charge < -0.3 is 4.74 Å². The highest BCUT2D eigenvalue weighted by Crippen LogP contribution is 2.29. The summed E-state index contributed by atoms with van der Waals surface area (Å²) >= 11 is 3.24. The Labute approximate surface area is 127 Å². The maximum atomic E-state index is 13.5. The molecule has 2 aromatic rings. The summed E-state index contributed by atoms with van der Waals surface area (Å²) in [5, 5.41) is 11.4. The van der Waals surface area contributed by atoms with Crippen LogP contribution in [-0.2, 0) is 11.9 Å². The van der Waals surface area contributed by atoms with Gasteiger partial charge in [0.15, 0.2) is 17.4 Å². The van der Waals surface area contributed by atoms with Crippen molar-refractivity contribution in [1.29, 1.82) is 0 Å². The summed E-state index contributed by atoms with van der Waals surface area (Å²) in [4.78, 5) is 10.3. The smallest absolute Gasteiger partial charge is 0.310 e. The second-order valence-corrected chi connectivity index (χ2v) is 4.76. The molecule has 110 valence electrons. The molecular formula is C14H10BrF2NO3. The zero-order valence-electron chi connectivity index (χ0n) is 10.7. The molecule has 4 nitrogen and oxygen atoms in total. The first-order chi connectivity index (χ1) is 10.0. The van der Waals surface area contributed by atoms with Crippen molar-refractivity contribution in [3.05, 3.63) is 69.3 Å². The Kier molecular flexibility index (Phi) is 4.85. The Morgan fingerprint density at radius 1 is 1.24 bits per heavy atom. The quantitative estimate of drug-likeness (QED) is 0.454. The summed E-state index contributed by atoms with van der Waals surface area (Å²) in [6.07, 6.45) is 0. The molecule has 2 rings (SSSR count). The summed E-state index contributed by atoms with van der Waals surface area (Å²) in [5.74, 6) is -1.99. The Morgan fingerprint density at radius 3 is 2.67 bits per heavy atom. The topological polar surface area (TPSA) is 52.4 Å². The fourth-order valence-electron chi connectivity index (χ4n) is 1.72. The third kappa shape index (κ3) is 3.55. The molecule has 0 spiro atoms. The average Bonchev–Trinajstić information content (AvgIpc) is 2.48. The van der Waals surface area contributed by atoms with E-state index in [0.29, 0.717) is 5.33 Å². The van der Waals surface area contributed by atoms with Gasteiger partial charge >= 0.3 is 5.69 Å². The van der Waals surface area contributed by atoms with Gasteiger partial charge in [0.25, 0.3) is 0 Å². The molecule has 0 heterocycles. The van der Waals surface area contributed by atoms with E-state index >= 15 is 0 Å². The van der Waals surface area contributed by atoms with Gasteiger partial charge in [-0.25, -0.2) is 8.78 Å². The lowest BCUT2D eigenvalue weighted by Crippen LogP contribution is -2.02. The standard InChI is InChI=1S/C14H10BrF2NO3/c15-7-9-4-5-12(18(19)20)13(6-9)21-8-10-2-1-3-11(16)14(10)17/h1-6H,7-8H2. The highest BCUT2D eigenvalue weighted by Gasteiger charge is 2.16. The third-order valence-corrected chi connectivity index (χ3v) is 3.44. The van der Waals surface area contributed by atoms with Gasteiger partial charge in [-0.1, -0.05) is 34.1 Å². The zero-order valence-corrected chi connectivity index (χ0v) is 12.3. The van der Waals surface area contributed by atoms with E-state index in [4.69, 9.17) is 4.74 Å². The summed E-state index contributed by atoms with van der Waals surface area (Å²) in [5.41, 5.74) is 0.542. The first kappa shape index (κ1) is 15.4. The van der Waals surface area contributed by atoms with Crippen LogP contribution < -0.4 is 4.74 Å². The van der Waals surface area contributed by atoms with Gasteiger partial charge in [0.05, 0.1) is 4.92 Å². The minimum absolute atomic E-state index is 0.00598. The fourth-order valence-corrected chi connectivity index (χ4v) is 2.07. The van der Waals surface area contributed by atoms with Crippen LogP contribution in [0.2, 0.25) is 0 Å². The summed E-state index contributed by atoms with van der Waals surface area (Å²) in [6.45, 7) is -0.295. The second kappa shape index (κ2) is 6.62. The van der Waals surface area contributed by atoms with E-state index in [1.54, 1.807) is 6.07 Å². The first-order valence-corrected chi connectivity index (χ1v) is 7.04. The molecule has 0 radical (unpaired) electrons. The van der Waals surface area contributed by atoms with Crippen molar-refractivity contribution in [2.24, 2.45) is 0 Å². The molecule has 0 aliphatic carbocycles. The number of hydrogen-bond acceptors (Lipinski definition) is 3. The van der Waals surface area contributed by atoms with Crippen molar-refractivity contribution >= 4 is 21.6 Å². The molecule has 0 bridgehead atoms. The Morgan fingerprint density at radius 2 is 2.00 bits per heavy atom. The van der Waals surface area contributed by atoms with Gasteiger partial charge in [0, 0.05) is 17.0 Å². The lowest BCUT2D eigenvalue weighted by Gasteiger charge is -2.09. The van der Waals surface area contributed by atoms with E-state index in [-0.39, 0.29) is 23.6 Å². The lowest BCUT2D eigenvalue weighted by atomic mass is 10.2. The molecule has 0 fully saturated rings. The third-order valence-electron chi connectivity index (χ3n) is 2.79. The number of benzene rings is 2. The number of nitro benzene ring substituents is 1. The molecule has 0 saturated carbocycles. The van der Waals surface area contributed by atoms with E-state index in [2.05, 4.69) is 15.9 Å². The highest BCUT2D eigenvalue weighted by molar-refractivity contribution is 9.08. The second-order valence-electron chi connectivity index (χ2n) is 4.19. The Bertz CT molecular complexity index is 679. The van der Waals surface area contributed by atoms with Crippen LogP contribution in [0.5, 0.6) is 5.75 Å². The first-order valence-electron chi connectivity index (χ1n) is 5.92. The summed E-state index contributed by atoms with van der Waals surface area (Å²) in [6, 6.07) is 8.09. The van der Waals surface area contributed by atoms with Gasteiger partial charge in [0.2, 0.25) is 0 Å². The maximum Gasteiger partial charge on any atom is 0.310 e. The van der Waals surface area contributed by atoms with Crippen molar-refractivity contribution in [3.8, 4) is 5.75 Å². The Hall–Kier alpha value is -2.02. The monoisotopic (exact) mass is 357 g/mol. The van der Waals surface area contributed by atoms with Crippen LogP contribution in [0, 0.1) is 21.7 Å². The van der Waals surface area contributed by atoms with Crippen molar-refractivity contribution in [3.63, 3.8) is 0 Å². The van der Waals surface area contributed by atoms with E-state index in [1.807, 2.05) is 0 Å². The van der Waals surface area contributed by atoms with Crippen molar-refractivity contribution in [2.75, 3.05) is 0 Å². The minimum Gasteiger partial charge on any atom is -0.482 e. The van der Waals surface area contributed by atoms with E-state index in [0.717, 1.165) is 11.6 Å². The van der Waals surface area contributed by atoms with Crippen LogP contribution in [0.4, 0.5) is 14.5 Å². The van der Waals surface area contributed by atoms with Gasteiger partial charge in [0.1, 0.15) is 6.61 Å². The number of hydrogen-bond donors (Lipinski definition) is 0. The molecule has 0 unspecified atom stereocenters. The molecule has 0 N–H and O–H groups in total. The number of nitrogens with zero attached hydrogens (tertiary/aromatic N) is 1. The van der Waals surface area contributed by atoms with Crippen LogP contribution in [0.3, 0.4) is 0 Å². The van der Waals surface area contributed by atoms with E-state index in [1.165, 1.54) is 24.3 Å². The molecule has 7 heteroatoms. The predicted octanol–water partition coefficient (Wildman–Crippen LogP) is 4.35. The molecule has 0 aliphatic heterocycles. The SMILES string of the molecule is O=[N+]([O-])c1ccc(CBr)cc1OCc1cccc(F)c1F. The van der Waals surface area contributed by atoms with Crippen LogP contribution in [-0.4, -0.2) is 4.92 Å². The van der Waals surface area contributed by atoms with Gasteiger partial charge in [-0.05, 0) is 17.7 Å². The fraction of sp³-hybridized carbons (Fsp3) is 0.143. The van der Waals surface area contributed by atoms with Gasteiger partial charge in [-0.3, -0.25) is 10.1 Å². The maximum absolute atomic E-state index is 13.5.